The van der Waals surface area contributed by atoms with Crippen LogP contribution in [0, 0.1) is 0 Å². The Hall–Kier alpha value is -3.65. The zero-order chi connectivity index (χ0) is 34.5. The number of aliphatic imine (C=N–C) groups is 4. The summed E-state index contributed by atoms with van der Waals surface area (Å²) >= 11 is 0. The molecule has 270 valence electrons. The largest absolute Gasteiger partial charge is 2.00 e. The van der Waals surface area contributed by atoms with E-state index in [4.69, 9.17) is 20.0 Å². The molecular weight excluding hydrogens is 675 g/mol. The van der Waals surface area contributed by atoms with Gasteiger partial charge in [-0.25, -0.2) is 0 Å². The third kappa shape index (κ3) is 8.37. The summed E-state index contributed by atoms with van der Waals surface area (Å²) in [4.78, 5) is 30.3. The predicted molar refractivity (Wildman–Crippen MR) is 212 cm³/mol. The van der Waals surface area contributed by atoms with Gasteiger partial charge in [-0.05, 0) is 73.2 Å². The molecule has 0 radical (unpaired) electrons. The molecule has 0 amide bonds. The molecular formula is C42H54N8Ni+2. The van der Waals surface area contributed by atoms with Gasteiger partial charge in [-0.15, -0.1) is 0 Å². The van der Waals surface area contributed by atoms with Crippen LogP contribution in [0.2, 0.25) is 0 Å². The van der Waals surface area contributed by atoms with Crippen LogP contribution in [0.15, 0.2) is 91.0 Å². The molecule has 0 N–H and O–H groups in total. The topological polar surface area (TPSA) is 62.4 Å². The Morgan fingerprint density at radius 3 is 1.20 bits per heavy atom. The zero-order valence-corrected chi connectivity index (χ0v) is 32.0. The Morgan fingerprint density at radius 2 is 0.824 bits per heavy atom. The van der Waals surface area contributed by atoms with Gasteiger partial charge in [0.15, 0.2) is 0 Å². The maximum absolute atomic E-state index is 5.05. The van der Waals surface area contributed by atoms with Crippen molar-refractivity contribution in [3.8, 4) is 0 Å². The van der Waals surface area contributed by atoms with Crippen LogP contribution in [-0.2, 0) is 29.6 Å². The molecule has 8 nitrogen and oxygen atoms in total. The van der Waals surface area contributed by atoms with Gasteiger partial charge in [0.1, 0.15) is 0 Å². The van der Waals surface area contributed by atoms with Crippen molar-refractivity contribution in [2.75, 3.05) is 78.5 Å². The molecule has 0 saturated carbocycles. The first-order valence-electron chi connectivity index (χ1n) is 18.8. The minimum atomic E-state index is 0. The monoisotopic (exact) mass is 728 g/mol. The summed E-state index contributed by atoms with van der Waals surface area (Å²) in [5.74, 6) is 0. The molecule has 8 bridgehead atoms. The van der Waals surface area contributed by atoms with Crippen molar-refractivity contribution in [1.82, 2.24) is 19.6 Å². The van der Waals surface area contributed by atoms with Gasteiger partial charge in [0.2, 0.25) is 0 Å². The summed E-state index contributed by atoms with van der Waals surface area (Å²) < 4.78 is 0. The third-order valence-electron chi connectivity index (χ3n) is 11.2. The van der Waals surface area contributed by atoms with Crippen LogP contribution in [0.4, 0.5) is 0 Å². The van der Waals surface area contributed by atoms with Gasteiger partial charge in [0, 0.05) is 138 Å². The Morgan fingerprint density at radius 1 is 0.471 bits per heavy atom. The summed E-state index contributed by atoms with van der Waals surface area (Å²) in [6, 6.07) is 18.3. The molecule has 3 aromatic carbocycles. The normalized spacial score (nSPS) is 22.9. The van der Waals surface area contributed by atoms with Crippen molar-refractivity contribution in [2.24, 2.45) is 20.0 Å². The van der Waals surface area contributed by atoms with Crippen molar-refractivity contribution >= 4 is 45.4 Å². The van der Waals surface area contributed by atoms with Crippen molar-refractivity contribution < 1.29 is 16.5 Å². The van der Waals surface area contributed by atoms with Gasteiger partial charge in [0.05, 0.1) is 0 Å². The second kappa shape index (κ2) is 17.2. The van der Waals surface area contributed by atoms with E-state index in [9.17, 15) is 0 Å². The van der Waals surface area contributed by atoms with Crippen molar-refractivity contribution in [3.63, 3.8) is 0 Å². The van der Waals surface area contributed by atoms with Crippen LogP contribution in [0.5, 0.6) is 0 Å². The van der Waals surface area contributed by atoms with Crippen LogP contribution >= 0.6 is 0 Å². The van der Waals surface area contributed by atoms with Crippen molar-refractivity contribution in [3.05, 3.63) is 82.2 Å². The molecule has 9 aliphatic heterocycles. The predicted octanol–water partition coefficient (Wildman–Crippen LogP) is 6.64. The molecule has 0 atom stereocenters. The molecule has 51 heavy (non-hydrogen) atoms. The van der Waals surface area contributed by atoms with Crippen LogP contribution in [0.25, 0.3) is 21.5 Å². The van der Waals surface area contributed by atoms with Gasteiger partial charge in [-0.2, -0.15) is 0 Å². The molecule has 9 aliphatic rings. The number of hydrogen-bond donors (Lipinski definition) is 0. The van der Waals surface area contributed by atoms with Crippen molar-refractivity contribution in [1.29, 1.82) is 0 Å². The van der Waals surface area contributed by atoms with Crippen LogP contribution in [-0.4, -0.2) is 122 Å². The van der Waals surface area contributed by atoms with Gasteiger partial charge >= 0.3 is 16.5 Å². The second-order valence-electron chi connectivity index (χ2n) is 14.3. The first kappa shape index (κ1) is 37.1. The van der Waals surface area contributed by atoms with E-state index in [0.717, 1.165) is 127 Å². The summed E-state index contributed by atoms with van der Waals surface area (Å²) in [6.45, 7) is 21.8. The Labute approximate surface area is 314 Å². The zero-order valence-electron chi connectivity index (χ0n) is 31.0. The number of piperazine rings is 2. The number of nitrogens with zero attached hydrogens (tertiary/aromatic N) is 8. The third-order valence-corrected chi connectivity index (χ3v) is 11.2. The SMILES string of the molecule is CC1=NCCCN=C(C)C2=C(C)N3CCN(CC3)Cc3c4ccccc4c(c4ccccc34)CN3CCN(CC3)C(C)=C1C=NCCCN=C2.[Ni+2]. The quantitative estimate of drug-likeness (QED) is 0.192. The van der Waals surface area contributed by atoms with E-state index in [1.165, 1.54) is 44.1 Å². The molecule has 9 heteroatoms. The number of benzene rings is 3. The molecule has 2 saturated heterocycles. The molecule has 9 heterocycles. The van der Waals surface area contributed by atoms with Gasteiger partial charge in [-0.1, -0.05) is 48.5 Å². The molecule has 0 aliphatic carbocycles. The molecule has 3 aromatic rings. The first-order valence-corrected chi connectivity index (χ1v) is 18.8. The van der Waals surface area contributed by atoms with E-state index in [-0.39, 0.29) is 16.5 Å². The summed E-state index contributed by atoms with van der Waals surface area (Å²) in [5, 5.41) is 5.60. The van der Waals surface area contributed by atoms with Crippen LogP contribution in [0.1, 0.15) is 51.7 Å². The average molecular weight is 730 g/mol. The first-order chi connectivity index (χ1) is 24.5. The van der Waals surface area contributed by atoms with E-state index >= 15 is 0 Å². The van der Waals surface area contributed by atoms with Crippen LogP contribution in [0.3, 0.4) is 0 Å². The van der Waals surface area contributed by atoms with E-state index in [0.29, 0.717) is 0 Å². The van der Waals surface area contributed by atoms with Gasteiger partial charge < -0.3 is 9.80 Å². The Bertz CT molecular complexity index is 1700. The fourth-order valence-electron chi connectivity index (χ4n) is 8.12. The van der Waals surface area contributed by atoms with E-state index in [2.05, 4.69) is 108 Å². The molecule has 2 fully saturated rings. The summed E-state index contributed by atoms with van der Waals surface area (Å²) in [6.07, 6.45) is 5.99. The minimum Gasteiger partial charge on any atom is -0.372 e. The van der Waals surface area contributed by atoms with Crippen LogP contribution < -0.4 is 0 Å². The maximum Gasteiger partial charge on any atom is 2.00 e. The van der Waals surface area contributed by atoms with Gasteiger partial charge in [-0.3, -0.25) is 29.8 Å². The average Bonchev–Trinajstić information content (AvgIpc) is 3.14. The van der Waals surface area contributed by atoms with E-state index in [1.54, 1.807) is 0 Å². The van der Waals surface area contributed by atoms with Gasteiger partial charge in [0.25, 0.3) is 0 Å². The number of hydrogen-bond acceptors (Lipinski definition) is 8. The summed E-state index contributed by atoms with van der Waals surface area (Å²) in [7, 11) is 0. The fourth-order valence-corrected chi connectivity index (χ4v) is 8.12. The maximum atomic E-state index is 5.05. The second-order valence-corrected chi connectivity index (χ2v) is 14.3. The molecule has 12 rings (SSSR count). The molecule has 0 aromatic heterocycles. The van der Waals surface area contributed by atoms with E-state index in [1.807, 2.05) is 0 Å². The Kier molecular flexibility index (Phi) is 12.6. The minimum absolute atomic E-state index is 0. The number of rotatable bonds is 0. The molecule has 0 unspecified atom stereocenters. The summed E-state index contributed by atoms with van der Waals surface area (Å²) in [5.41, 5.74) is 9.93. The standard InChI is InChI=1S/C42H54N8.Ni/c1-31-39-27-43-15-9-16-44-28-40(32(2)46-18-10-17-45-31)34(4)50-25-21-48(22-26-50)30-42-37-13-7-5-11-35(37)41(36-12-6-8-14-38(36)42)29-47-19-23-49(24-20-47)33(39)3;/h5-8,11-14,27-28H,9-10,15-26,29-30H2,1-4H3;/q;+2. The smallest absolute Gasteiger partial charge is 0.372 e. The molecule has 0 spiro atoms. The van der Waals surface area contributed by atoms with E-state index < -0.39 is 0 Å². The Balaban J connectivity index is 0.00000448. The number of allylic oxidation sites excluding steroid dienone is 4. The fraction of sp³-hybridized carbons (Fsp3) is 0.476. The van der Waals surface area contributed by atoms with Crippen molar-refractivity contribution in [2.45, 2.75) is 53.6 Å². The number of fused-ring (bicyclic) bond motifs is 1.